The summed E-state index contributed by atoms with van der Waals surface area (Å²) in [5.41, 5.74) is 5.89. The zero-order valence-corrected chi connectivity index (χ0v) is 18.1. The van der Waals surface area contributed by atoms with E-state index in [1.54, 1.807) is 0 Å². The van der Waals surface area contributed by atoms with Gasteiger partial charge in [0.1, 0.15) is 17.5 Å². The number of hydrogen-bond donors (Lipinski definition) is 2. The first-order valence-electron chi connectivity index (χ1n) is 9.46. The van der Waals surface area contributed by atoms with E-state index < -0.39 is 5.41 Å². The summed E-state index contributed by atoms with van der Waals surface area (Å²) >= 11 is 3.17. The van der Waals surface area contributed by atoms with Crippen LogP contribution in [0.4, 0.5) is 5.82 Å². The Kier molecular flexibility index (Phi) is 5.37. The average molecular weight is 473 g/mol. The summed E-state index contributed by atoms with van der Waals surface area (Å²) in [6.07, 6.45) is 1.47. The van der Waals surface area contributed by atoms with Crippen molar-refractivity contribution in [1.82, 2.24) is 15.3 Å². The lowest BCUT2D eigenvalue weighted by molar-refractivity contribution is 0.674. The van der Waals surface area contributed by atoms with E-state index in [-0.39, 0.29) is 34.4 Å². The normalized spacial score (nSPS) is 18.6. The molecule has 0 saturated carbocycles. The molecule has 3 aromatic rings. The predicted octanol–water partition coefficient (Wildman–Crippen LogP) is 3.40. The molecule has 4 rings (SSSR count). The molecule has 9 heteroatoms. The third-order valence-corrected chi connectivity index (χ3v) is 5.52. The Bertz CT molecular complexity index is 1310. The lowest BCUT2D eigenvalue weighted by Gasteiger charge is -2.25. The Labute approximate surface area is 187 Å². The van der Waals surface area contributed by atoms with Crippen molar-refractivity contribution in [2.24, 2.45) is 9.98 Å². The van der Waals surface area contributed by atoms with E-state index in [9.17, 15) is 10.5 Å². The fraction of sp³-hybridized carbons (Fsp3) is 0.182. The van der Waals surface area contributed by atoms with Crippen molar-refractivity contribution in [2.75, 3.05) is 12.3 Å². The van der Waals surface area contributed by atoms with E-state index in [0.717, 1.165) is 16.3 Å². The highest BCUT2D eigenvalue weighted by molar-refractivity contribution is 9.10. The van der Waals surface area contributed by atoms with Crippen molar-refractivity contribution >= 4 is 44.7 Å². The minimum absolute atomic E-state index is 0.000112. The third-order valence-electron chi connectivity index (χ3n) is 5.16. The first-order chi connectivity index (χ1) is 15.0. The van der Waals surface area contributed by atoms with Gasteiger partial charge in [-0.1, -0.05) is 42.5 Å². The second-order valence-corrected chi connectivity index (χ2v) is 7.84. The van der Waals surface area contributed by atoms with Gasteiger partial charge in [0, 0.05) is 6.21 Å². The summed E-state index contributed by atoms with van der Waals surface area (Å²) in [6, 6.07) is 18.4. The number of rotatable bonds is 3. The predicted molar refractivity (Wildman–Crippen MR) is 122 cm³/mol. The molecular weight excluding hydrogens is 456 g/mol. The molecule has 31 heavy (non-hydrogen) atoms. The minimum Gasteiger partial charge on any atom is -0.382 e. The van der Waals surface area contributed by atoms with Gasteiger partial charge >= 0.3 is 0 Å². The highest BCUT2D eigenvalue weighted by Gasteiger charge is 2.38. The highest BCUT2D eigenvalue weighted by atomic mass is 79.9. The number of halogens is 1. The largest absolute Gasteiger partial charge is 0.382 e. The number of nitrogens with one attached hydrogen (secondary N) is 1. The topological polar surface area (TPSA) is 136 Å². The molecule has 0 fully saturated rings. The van der Waals surface area contributed by atoms with Gasteiger partial charge in [-0.25, -0.2) is 20.0 Å². The van der Waals surface area contributed by atoms with Crippen LogP contribution in [0.1, 0.15) is 29.8 Å². The summed E-state index contributed by atoms with van der Waals surface area (Å²) in [6.45, 7) is 2.08. The average Bonchev–Trinajstić information content (AvgIpc) is 2.79. The van der Waals surface area contributed by atoms with Crippen molar-refractivity contribution in [3.63, 3.8) is 0 Å². The van der Waals surface area contributed by atoms with E-state index in [1.807, 2.05) is 31.2 Å². The van der Waals surface area contributed by atoms with E-state index in [4.69, 9.17) is 5.73 Å². The number of aromatic nitrogens is 2. The van der Waals surface area contributed by atoms with Crippen LogP contribution in [0.5, 0.6) is 0 Å². The van der Waals surface area contributed by atoms with Crippen LogP contribution < -0.4 is 11.1 Å². The van der Waals surface area contributed by atoms with Crippen molar-refractivity contribution in [3.05, 3.63) is 64.0 Å². The van der Waals surface area contributed by atoms with Crippen LogP contribution in [0.25, 0.3) is 10.8 Å². The van der Waals surface area contributed by atoms with Gasteiger partial charge in [-0.05, 0) is 39.2 Å². The minimum atomic E-state index is -1.31. The van der Waals surface area contributed by atoms with Crippen molar-refractivity contribution < 1.29 is 0 Å². The SMILES string of the molecule is CC(NC1=NCC(C#N)(c2nc(Br)nc(N)c2C#N)C=N1)c1cccc2ccccc12. The van der Waals surface area contributed by atoms with Crippen LogP contribution >= 0.6 is 15.9 Å². The lowest BCUT2D eigenvalue weighted by atomic mass is 9.84. The van der Waals surface area contributed by atoms with Crippen LogP contribution in [-0.4, -0.2) is 28.7 Å². The van der Waals surface area contributed by atoms with Gasteiger partial charge in [-0.15, -0.1) is 0 Å². The molecular formula is C22H17BrN8. The molecule has 0 amide bonds. The second-order valence-electron chi connectivity index (χ2n) is 7.13. The monoisotopic (exact) mass is 472 g/mol. The van der Waals surface area contributed by atoms with Crippen LogP contribution in [0.2, 0.25) is 0 Å². The Morgan fingerprint density at radius 1 is 1.16 bits per heavy atom. The summed E-state index contributed by atoms with van der Waals surface area (Å²) in [5.74, 6) is 0.408. The number of benzene rings is 2. The molecule has 8 nitrogen and oxygen atoms in total. The molecule has 0 bridgehead atoms. The van der Waals surface area contributed by atoms with Crippen LogP contribution in [-0.2, 0) is 5.41 Å². The van der Waals surface area contributed by atoms with Crippen molar-refractivity contribution in [1.29, 1.82) is 10.5 Å². The van der Waals surface area contributed by atoms with Gasteiger partial charge in [0.25, 0.3) is 0 Å². The number of guanidine groups is 1. The number of nitrogens with two attached hydrogens (primary N) is 1. The van der Waals surface area contributed by atoms with E-state index >= 15 is 0 Å². The smallest absolute Gasteiger partial charge is 0.218 e. The molecule has 0 aliphatic carbocycles. The van der Waals surface area contributed by atoms with Crippen LogP contribution in [0.3, 0.4) is 0 Å². The summed E-state index contributed by atoms with van der Waals surface area (Å²) in [5, 5.41) is 25.0. The molecule has 2 aromatic carbocycles. The number of nitriles is 2. The van der Waals surface area contributed by atoms with Crippen LogP contribution in [0.15, 0.2) is 57.2 Å². The number of anilines is 1. The maximum absolute atomic E-state index is 9.90. The zero-order valence-electron chi connectivity index (χ0n) is 16.5. The molecule has 1 aliphatic heterocycles. The number of nitrogens with zero attached hydrogens (tertiary/aromatic N) is 6. The Morgan fingerprint density at radius 3 is 2.65 bits per heavy atom. The van der Waals surface area contributed by atoms with Crippen molar-refractivity contribution in [2.45, 2.75) is 18.4 Å². The fourth-order valence-corrected chi connectivity index (χ4v) is 3.94. The number of aliphatic imine (C=N–C) groups is 2. The molecule has 3 N–H and O–H groups in total. The maximum Gasteiger partial charge on any atom is 0.218 e. The molecule has 2 heterocycles. The third kappa shape index (κ3) is 3.72. The molecule has 152 valence electrons. The zero-order chi connectivity index (χ0) is 22.0. The second kappa shape index (κ2) is 8.13. The van der Waals surface area contributed by atoms with Crippen molar-refractivity contribution in [3.8, 4) is 12.1 Å². The number of fused-ring (bicyclic) bond motifs is 1. The molecule has 2 unspecified atom stereocenters. The molecule has 0 saturated heterocycles. The van der Waals surface area contributed by atoms with Gasteiger partial charge in [-0.3, -0.25) is 0 Å². The first-order valence-corrected chi connectivity index (χ1v) is 10.3. The van der Waals surface area contributed by atoms with Gasteiger partial charge < -0.3 is 11.1 Å². The van der Waals surface area contributed by atoms with E-state index in [2.05, 4.69) is 71.5 Å². The molecule has 0 radical (unpaired) electrons. The highest BCUT2D eigenvalue weighted by Crippen LogP contribution is 2.30. The molecule has 2 atom stereocenters. The van der Waals surface area contributed by atoms with E-state index in [1.165, 1.54) is 6.21 Å². The maximum atomic E-state index is 9.90. The Balaban J connectivity index is 1.62. The van der Waals surface area contributed by atoms with Gasteiger partial charge in [0.05, 0.1) is 24.3 Å². The molecule has 1 aromatic heterocycles. The van der Waals surface area contributed by atoms with Gasteiger partial charge in [-0.2, -0.15) is 10.5 Å². The summed E-state index contributed by atoms with van der Waals surface area (Å²) in [7, 11) is 0. The fourth-order valence-electron chi connectivity index (χ4n) is 3.57. The molecule has 0 spiro atoms. The Morgan fingerprint density at radius 2 is 1.94 bits per heavy atom. The van der Waals surface area contributed by atoms with Gasteiger partial charge in [0.2, 0.25) is 5.96 Å². The number of nitrogen functional groups attached to an aromatic ring is 1. The quantitative estimate of drug-likeness (QED) is 0.560. The standard InChI is InChI=1S/C22H17BrN8/c1-13(15-8-4-6-14-5-2-3-7-16(14)15)29-21-27-11-22(10-25,12-28-21)18-17(9-24)19(26)31-20(23)30-18/h2-8,11,13H,12H2,1H3,(H,28,29)(H2,26,30,31). The summed E-state index contributed by atoms with van der Waals surface area (Å²) in [4.78, 5) is 17.0. The van der Waals surface area contributed by atoms with Gasteiger partial charge in [0.15, 0.2) is 10.1 Å². The molecule has 1 aliphatic rings. The lowest BCUT2D eigenvalue weighted by Crippen LogP contribution is -2.39. The first kappa shape index (κ1) is 20.5. The van der Waals surface area contributed by atoms with Crippen LogP contribution in [0, 0.1) is 22.7 Å². The Hall–Kier alpha value is -3.82. The van der Waals surface area contributed by atoms with E-state index in [0.29, 0.717) is 5.96 Å². The number of hydrogen-bond acceptors (Lipinski definition) is 8. The summed E-state index contributed by atoms with van der Waals surface area (Å²) < 4.78 is 0.194.